The Hall–Kier alpha value is -2.45. The van der Waals surface area contributed by atoms with E-state index in [9.17, 15) is 20.1 Å². The molecule has 1 saturated carbocycles. The maximum Gasteiger partial charge on any atom is 0.310 e. The Morgan fingerprint density at radius 1 is 1.13 bits per heavy atom. The molecule has 1 aliphatic heterocycles. The van der Waals surface area contributed by atoms with E-state index in [1.165, 1.54) is 12.3 Å². The van der Waals surface area contributed by atoms with Crippen molar-refractivity contribution in [3.8, 4) is 5.75 Å². The number of aliphatic hydroxyl groups excluding tert-OH is 1. The average molecular weight is 503 g/mol. The summed E-state index contributed by atoms with van der Waals surface area (Å²) in [6, 6.07) is 17.5. The Morgan fingerprint density at radius 2 is 1.81 bits per heavy atom. The Labute approximate surface area is 191 Å². The zero-order valence-electron chi connectivity index (χ0n) is 15.9. The van der Waals surface area contributed by atoms with E-state index >= 15 is 0 Å². The lowest BCUT2D eigenvalue weighted by atomic mass is 9.71. The van der Waals surface area contributed by atoms with Crippen LogP contribution in [0.2, 0.25) is 5.02 Å². The number of halogens is 2. The monoisotopic (exact) mass is 501 g/mol. The smallest absolute Gasteiger partial charge is 0.310 e. The number of hydrogen-bond acceptors (Lipinski definition) is 5. The van der Waals surface area contributed by atoms with Crippen molar-refractivity contribution in [1.82, 2.24) is 4.98 Å². The lowest BCUT2D eigenvalue weighted by molar-refractivity contribution is -0.160. The molecule has 31 heavy (non-hydrogen) atoms. The van der Waals surface area contributed by atoms with E-state index in [1.54, 1.807) is 48.5 Å². The van der Waals surface area contributed by atoms with Crippen LogP contribution in [0.3, 0.4) is 0 Å². The lowest BCUT2D eigenvalue weighted by Crippen LogP contribution is -2.52. The molecule has 1 unspecified atom stereocenters. The molecule has 2 heterocycles. The summed E-state index contributed by atoms with van der Waals surface area (Å²) < 4.78 is 7.21. The van der Waals surface area contributed by atoms with Gasteiger partial charge in [0, 0.05) is 22.7 Å². The number of hydrogen-bond donors (Lipinski definition) is 3. The molecule has 6 nitrogen and oxygen atoms in total. The Balaban J connectivity index is 1.87. The molecular formula is C23H17BrClNO5. The van der Waals surface area contributed by atoms with Crippen molar-refractivity contribution in [3.63, 3.8) is 0 Å². The Morgan fingerprint density at radius 3 is 2.45 bits per heavy atom. The summed E-state index contributed by atoms with van der Waals surface area (Å²) in [6.45, 7) is 0. The van der Waals surface area contributed by atoms with Crippen LogP contribution < -0.4 is 4.74 Å². The molecule has 5 atom stereocenters. The second kappa shape index (κ2) is 7.03. The molecule has 0 spiro atoms. The number of benzene rings is 2. The summed E-state index contributed by atoms with van der Waals surface area (Å²) in [5.41, 5.74) is -2.56. The molecule has 2 aliphatic rings. The highest BCUT2D eigenvalue weighted by Gasteiger charge is 2.78. The van der Waals surface area contributed by atoms with Gasteiger partial charge in [-0.05, 0) is 23.3 Å². The van der Waals surface area contributed by atoms with E-state index in [0.29, 0.717) is 16.1 Å². The van der Waals surface area contributed by atoms with Gasteiger partial charge >= 0.3 is 5.97 Å². The second-order valence-electron chi connectivity index (χ2n) is 7.81. The van der Waals surface area contributed by atoms with Crippen molar-refractivity contribution >= 4 is 33.5 Å². The number of nitrogens with zero attached hydrogens (tertiary/aromatic N) is 1. The van der Waals surface area contributed by atoms with E-state index in [0.717, 1.165) is 4.47 Å². The van der Waals surface area contributed by atoms with Crippen molar-refractivity contribution < 1.29 is 24.9 Å². The van der Waals surface area contributed by atoms with E-state index in [-0.39, 0.29) is 11.4 Å². The van der Waals surface area contributed by atoms with Gasteiger partial charge in [0.1, 0.15) is 17.5 Å². The van der Waals surface area contributed by atoms with Crippen LogP contribution in [-0.4, -0.2) is 32.4 Å². The number of ether oxygens (including phenoxy) is 1. The summed E-state index contributed by atoms with van der Waals surface area (Å²) in [5.74, 6) is -3.29. The third kappa shape index (κ3) is 2.64. The minimum atomic E-state index is -2.12. The maximum atomic E-state index is 12.4. The van der Waals surface area contributed by atoms with Crippen LogP contribution in [0.1, 0.15) is 22.7 Å². The normalized spacial score (nSPS) is 31.0. The highest BCUT2D eigenvalue weighted by Crippen LogP contribution is 2.68. The largest absolute Gasteiger partial charge is 0.481 e. The minimum Gasteiger partial charge on any atom is -0.481 e. The molecule has 1 aromatic heterocycles. The van der Waals surface area contributed by atoms with E-state index < -0.39 is 35.1 Å². The molecule has 1 fully saturated rings. The summed E-state index contributed by atoms with van der Waals surface area (Å²) in [6.07, 6.45) is -0.341. The number of aliphatic hydroxyl groups is 2. The predicted octanol–water partition coefficient (Wildman–Crippen LogP) is 3.83. The molecule has 0 saturated heterocycles. The highest BCUT2D eigenvalue weighted by molar-refractivity contribution is 9.10. The van der Waals surface area contributed by atoms with Crippen LogP contribution in [0, 0.1) is 5.92 Å². The molecule has 0 radical (unpaired) electrons. The molecule has 158 valence electrons. The first-order valence-electron chi connectivity index (χ1n) is 9.60. The van der Waals surface area contributed by atoms with Crippen LogP contribution in [0.25, 0.3) is 0 Å². The van der Waals surface area contributed by atoms with Gasteiger partial charge in [0.25, 0.3) is 0 Å². The SMILES string of the molecule is O=C(O)[C@H]1[C@@H](O)C2(O)c3ncc(Cl)cc3O[C@@]2(c2ccc(Br)cc2)[C@@H]1c1ccccc1. The minimum absolute atomic E-state index is 0.0667. The first kappa shape index (κ1) is 20.5. The van der Waals surface area contributed by atoms with E-state index in [4.69, 9.17) is 16.3 Å². The number of carbonyl (C=O) groups is 1. The quantitative estimate of drug-likeness (QED) is 0.503. The highest BCUT2D eigenvalue weighted by atomic mass is 79.9. The zero-order chi connectivity index (χ0) is 22.0. The number of aliphatic carboxylic acids is 1. The zero-order valence-corrected chi connectivity index (χ0v) is 18.3. The fourth-order valence-corrected chi connectivity index (χ4v) is 5.52. The van der Waals surface area contributed by atoms with Gasteiger partial charge in [-0.25, -0.2) is 0 Å². The molecule has 3 N–H and O–H groups in total. The van der Waals surface area contributed by atoms with Crippen molar-refractivity contribution in [1.29, 1.82) is 0 Å². The summed E-state index contributed by atoms with van der Waals surface area (Å²) >= 11 is 9.53. The molecule has 0 amide bonds. The molecular weight excluding hydrogens is 486 g/mol. The van der Waals surface area contributed by atoms with Crippen molar-refractivity contribution in [2.75, 3.05) is 0 Å². The predicted molar refractivity (Wildman–Crippen MR) is 116 cm³/mol. The van der Waals surface area contributed by atoms with E-state index in [2.05, 4.69) is 20.9 Å². The number of carboxylic acid groups (broad SMARTS) is 1. The molecule has 3 aromatic rings. The summed E-state index contributed by atoms with van der Waals surface area (Å²) in [7, 11) is 0. The van der Waals surface area contributed by atoms with Gasteiger partial charge in [0.15, 0.2) is 11.2 Å². The number of pyridine rings is 1. The van der Waals surface area contributed by atoms with Gasteiger partial charge in [0.2, 0.25) is 0 Å². The van der Waals surface area contributed by atoms with Crippen molar-refractivity contribution in [3.05, 3.63) is 93.2 Å². The van der Waals surface area contributed by atoms with Gasteiger partial charge in [-0.15, -0.1) is 0 Å². The number of rotatable bonds is 3. The fourth-order valence-electron chi connectivity index (χ4n) is 5.10. The average Bonchev–Trinajstić information content (AvgIpc) is 3.12. The van der Waals surface area contributed by atoms with Crippen molar-refractivity contribution in [2.45, 2.75) is 23.2 Å². The van der Waals surface area contributed by atoms with Gasteiger partial charge in [-0.1, -0.05) is 70.0 Å². The van der Waals surface area contributed by atoms with Gasteiger partial charge in [0.05, 0.1) is 10.9 Å². The van der Waals surface area contributed by atoms with Crippen LogP contribution in [0.15, 0.2) is 71.3 Å². The molecule has 1 aliphatic carbocycles. The third-order valence-corrected chi connectivity index (χ3v) is 7.04. The van der Waals surface area contributed by atoms with Gasteiger partial charge in [-0.3, -0.25) is 9.78 Å². The van der Waals surface area contributed by atoms with Crippen LogP contribution in [0.5, 0.6) is 5.75 Å². The van der Waals surface area contributed by atoms with Gasteiger partial charge in [-0.2, -0.15) is 0 Å². The van der Waals surface area contributed by atoms with Crippen molar-refractivity contribution in [2.24, 2.45) is 5.92 Å². The molecule has 2 aromatic carbocycles. The summed E-state index contributed by atoms with van der Waals surface area (Å²) in [5, 5.41) is 33.8. The number of carboxylic acids is 1. The van der Waals surface area contributed by atoms with Crippen LogP contribution >= 0.6 is 27.5 Å². The maximum absolute atomic E-state index is 12.4. The molecule has 5 rings (SSSR count). The lowest BCUT2D eigenvalue weighted by Gasteiger charge is -2.40. The standard InChI is InChI=1S/C23H17BrClNO5/c24-14-8-6-13(7-9-14)23-18(12-4-2-1-3-5-12)17(21(28)29)20(27)22(23,30)19-16(31-23)10-15(25)11-26-19/h1-11,17-18,20,27,30H,(H,28,29)/t17-,18-,20-,22?,23+/m1/s1. The Kier molecular flexibility index (Phi) is 4.64. The number of fused-ring (bicyclic) bond motifs is 3. The fraction of sp³-hybridized carbons (Fsp3) is 0.217. The first-order valence-corrected chi connectivity index (χ1v) is 10.8. The van der Waals surface area contributed by atoms with Crippen LogP contribution in [0.4, 0.5) is 0 Å². The van der Waals surface area contributed by atoms with Crippen LogP contribution in [-0.2, 0) is 16.0 Å². The summed E-state index contributed by atoms with van der Waals surface area (Å²) in [4.78, 5) is 16.7. The Bertz CT molecular complexity index is 1170. The van der Waals surface area contributed by atoms with E-state index in [1.807, 2.05) is 6.07 Å². The third-order valence-electron chi connectivity index (χ3n) is 6.30. The topological polar surface area (TPSA) is 99.9 Å². The second-order valence-corrected chi connectivity index (χ2v) is 9.16. The first-order chi connectivity index (χ1) is 14.8. The molecule has 8 heteroatoms. The van der Waals surface area contributed by atoms with Gasteiger partial charge < -0.3 is 20.1 Å². The number of aromatic nitrogens is 1. The molecule has 0 bridgehead atoms.